The Morgan fingerprint density at radius 1 is 1.25 bits per heavy atom. The molecule has 3 rings (SSSR count). The van der Waals surface area contributed by atoms with Crippen LogP contribution < -0.4 is 4.90 Å². The minimum Gasteiger partial charge on any atom is -0.477 e. The molecular formula is C16H16N2O2. The van der Waals surface area contributed by atoms with E-state index < -0.39 is 5.97 Å². The van der Waals surface area contributed by atoms with Crippen LogP contribution in [0.3, 0.4) is 0 Å². The highest BCUT2D eigenvalue weighted by molar-refractivity contribution is 5.86. The van der Waals surface area contributed by atoms with E-state index in [1.54, 1.807) is 12.3 Å². The van der Waals surface area contributed by atoms with Gasteiger partial charge in [0.1, 0.15) is 5.69 Å². The first-order valence-electron chi connectivity index (χ1n) is 6.73. The zero-order chi connectivity index (χ0) is 13.9. The van der Waals surface area contributed by atoms with Gasteiger partial charge in [0.05, 0.1) is 0 Å². The lowest BCUT2D eigenvalue weighted by Crippen LogP contribution is -2.19. The normalized spacial score (nSPS) is 18.2. The van der Waals surface area contributed by atoms with E-state index in [-0.39, 0.29) is 5.69 Å². The van der Waals surface area contributed by atoms with Crippen LogP contribution in [0.25, 0.3) is 0 Å². The molecule has 0 aliphatic carbocycles. The summed E-state index contributed by atoms with van der Waals surface area (Å²) >= 11 is 0. The summed E-state index contributed by atoms with van der Waals surface area (Å²) < 4.78 is 0. The van der Waals surface area contributed by atoms with Crippen LogP contribution in [0, 0.1) is 0 Å². The Kier molecular flexibility index (Phi) is 3.37. The Balaban J connectivity index is 1.77. The number of pyridine rings is 1. The number of hydrogen-bond acceptors (Lipinski definition) is 3. The predicted molar refractivity (Wildman–Crippen MR) is 77.2 cm³/mol. The molecule has 2 heterocycles. The van der Waals surface area contributed by atoms with Crippen LogP contribution in [0.4, 0.5) is 5.69 Å². The summed E-state index contributed by atoms with van der Waals surface area (Å²) in [5, 5.41) is 9.00. The van der Waals surface area contributed by atoms with Crippen LogP contribution in [-0.2, 0) is 0 Å². The fraction of sp³-hybridized carbons (Fsp3) is 0.250. The van der Waals surface area contributed by atoms with Crippen molar-refractivity contribution in [3.8, 4) is 0 Å². The van der Waals surface area contributed by atoms with Crippen LogP contribution in [0.2, 0.25) is 0 Å². The summed E-state index contributed by atoms with van der Waals surface area (Å²) in [6, 6.07) is 14.0. The minimum atomic E-state index is -0.981. The molecule has 4 heteroatoms. The first-order chi connectivity index (χ1) is 9.74. The Morgan fingerprint density at radius 3 is 2.80 bits per heavy atom. The van der Waals surface area contributed by atoms with Crippen molar-refractivity contribution in [2.24, 2.45) is 0 Å². The second-order valence-electron chi connectivity index (χ2n) is 5.05. The molecule has 0 bridgehead atoms. The topological polar surface area (TPSA) is 53.4 Å². The fourth-order valence-corrected chi connectivity index (χ4v) is 2.73. The van der Waals surface area contributed by atoms with Crippen molar-refractivity contribution in [2.45, 2.75) is 12.3 Å². The second kappa shape index (κ2) is 5.33. The van der Waals surface area contributed by atoms with Crippen molar-refractivity contribution in [3.63, 3.8) is 0 Å². The molecule has 1 aliphatic rings. The lowest BCUT2D eigenvalue weighted by atomic mass is 9.99. The molecule has 1 N–H and O–H groups in total. The first-order valence-corrected chi connectivity index (χ1v) is 6.73. The molecule has 1 saturated heterocycles. The monoisotopic (exact) mass is 268 g/mol. The molecular weight excluding hydrogens is 252 g/mol. The van der Waals surface area contributed by atoms with Gasteiger partial charge < -0.3 is 10.0 Å². The lowest BCUT2D eigenvalue weighted by molar-refractivity contribution is 0.0690. The zero-order valence-electron chi connectivity index (χ0n) is 11.1. The minimum absolute atomic E-state index is 0.102. The van der Waals surface area contributed by atoms with E-state index in [9.17, 15) is 4.79 Å². The summed E-state index contributed by atoms with van der Waals surface area (Å²) in [6.07, 6.45) is 2.66. The molecule has 102 valence electrons. The molecule has 0 spiro atoms. The maximum absolute atomic E-state index is 11.0. The number of rotatable bonds is 3. The van der Waals surface area contributed by atoms with Gasteiger partial charge in [-0.05, 0) is 24.1 Å². The van der Waals surface area contributed by atoms with Crippen LogP contribution >= 0.6 is 0 Å². The highest BCUT2D eigenvalue weighted by Crippen LogP contribution is 2.30. The Labute approximate surface area is 117 Å². The third-order valence-corrected chi connectivity index (χ3v) is 3.79. The third-order valence-electron chi connectivity index (χ3n) is 3.79. The molecule has 4 nitrogen and oxygen atoms in total. The molecule has 0 saturated carbocycles. The van der Waals surface area contributed by atoms with E-state index in [0.717, 1.165) is 25.2 Å². The van der Waals surface area contributed by atoms with E-state index in [0.29, 0.717) is 5.92 Å². The number of hydrogen-bond donors (Lipinski definition) is 1. The molecule has 1 atom stereocenters. The van der Waals surface area contributed by atoms with Gasteiger partial charge in [0, 0.05) is 30.9 Å². The summed E-state index contributed by atoms with van der Waals surface area (Å²) in [5.74, 6) is -0.469. The highest BCUT2D eigenvalue weighted by atomic mass is 16.4. The predicted octanol–water partition coefficient (Wildman–Crippen LogP) is 2.77. The van der Waals surface area contributed by atoms with Crippen molar-refractivity contribution in [1.29, 1.82) is 0 Å². The molecule has 20 heavy (non-hydrogen) atoms. The standard InChI is InChI=1S/C16H16N2O2/c19-16(20)15-10-14(6-8-17-15)18-9-7-13(11-18)12-4-2-1-3-5-12/h1-6,8,10,13H,7,9,11H2,(H,19,20). The number of carbonyl (C=O) groups is 1. The second-order valence-corrected chi connectivity index (χ2v) is 5.05. The number of benzene rings is 1. The van der Waals surface area contributed by atoms with E-state index >= 15 is 0 Å². The van der Waals surface area contributed by atoms with Gasteiger partial charge in [-0.15, -0.1) is 0 Å². The van der Waals surface area contributed by atoms with E-state index in [4.69, 9.17) is 5.11 Å². The molecule has 0 amide bonds. The molecule has 1 aliphatic heterocycles. The summed E-state index contributed by atoms with van der Waals surface area (Å²) in [4.78, 5) is 17.1. The van der Waals surface area contributed by atoms with Gasteiger partial charge in [-0.25, -0.2) is 9.78 Å². The first kappa shape index (κ1) is 12.7. The SMILES string of the molecule is O=C(O)c1cc(N2CCC(c3ccccc3)C2)ccn1. The van der Waals surface area contributed by atoms with Crippen LogP contribution in [-0.4, -0.2) is 29.1 Å². The molecule has 1 unspecified atom stereocenters. The van der Waals surface area contributed by atoms with Crippen molar-refractivity contribution < 1.29 is 9.90 Å². The maximum atomic E-state index is 11.0. The number of anilines is 1. The smallest absolute Gasteiger partial charge is 0.354 e. The van der Waals surface area contributed by atoms with Crippen molar-refractivity contribution in [2.75, 3.05) is 18.0 Å². The Bertz CT molecular complexity index is 613. The van der Waals surface area contributed by atoms with Gasteiger partial charge in [-0.3, -0.25) is 0 Å². The third kappa shape index (κ3) is 2.50. The maximum Gasteiger partial charge on any atom is 0.354 e. The molecule has 0 radical (unpaired) electrons. The largest absolute Gasteiger partial charge is 0.477 e. The van der Waals surface area contributed by atoms with Gasteiger partial charge in [0.2, 0.25) is 0 Å². The molecule has 1 aromatic carbocycles. The van der Waals surface area contributed by atoms with Crippen LogP contribution in [0.5, 0.6) is 0 Å². The Hall–Kier alpha value is -2.36. The average Bonchev–Trinajstić information content (AvgIpc) is 2.98. The van der Waals surface area contributed by atoms with E-state index in [2.05, 4.69) is 34.1 Å². The summed E-state index contributed by atoms with van der Waals surface area (Å²) in [6.45, 7) is 1.87. The number of carboxylic acids is 1. The van der Waals surface area contributed by atoms with Crippen molar-refractivity contribution >= 4 is 11.7 Å². The Morgan fingerprint density at radius 2 is 2.05 bits per heavy atom. The molecule has 1 fully saturated rings. The molecule has 1 aromatic heterocycles. The van der Waals surface area contributed by atoms with Crippen LogP contribution in [0.1, 0.15) is 28.4 Å². The number of aromatic nitrogens is 1. The van der Waals surface area contributed by atoms with Gasteiger partial charge in [-0.2, -0.15) is 0 Å². The summed E-state index contributed by atoms with van der Waals surface area (Å²) in [7, 11) is 0. The van der Waals surface area contributed by atoms with Gasteiger partial charge in [0.15, 0.2) is 0 Å². The van der Waals surface area contributed by atoms with Crippen LogP contribution in [0.15, 0.2) is 48.7 Å². The average molecular weight is 268 g/mol. The van der Waals surface area contributed by atoms with Gasteiger partial charge in [0.25, 0.3) is 0 Å². The quantitative estimate of drug-likeness (QED) is 0.930. The van der Waals surface area contributed by atoms with E-state index in [1.807, 2.05) is 12.1 Å². The zero-order valence-corrected chi connectivity index (χ0v) is 11.1. The van der Waals surface area contributed by atoms with Gasteiger partial charge >= 0.3 is 5.97 Å². The number of nitrogens with zero attached hydrogens (tertiary/aromatic N) is 2. The van der Waals surface area contributed by atoms with Gasteiger partial charge in [-0.1, -0.05) is 30.3 Å². The summed E-state index contributed by atoms with van der Waals surface area (Å²) in [5.41, 5.74) is 2.39. The number of aromatic carboxylic acids is 1. The lowest BCUT2D eigenvalue weighted by Gasteiger charge is -2.19. The highest BCUT2D eigenvalue weighted by Gasteiger charge is 2.24. The number of carboxylic acid groups (broad SMARTS) is 1. The molecule has 2 aromatic rings. The fourth-order valence-electron chi connectivity index (χ4n) is 2.73. The van der Waals surface area contributed by atoms with Crippen molar-refractivity contribution in [3.05, 3.63) is 59.9 Å². The van der Waals surface area contributed by atoms with Crippen molar-refractivity contribution in [1.82, 2.24) is 4.98 Å². The van der Waals surface area contributed by atoms with E-state index in [1.165, 1.54) is 5.56 Å².